The summed E-state index contributed by atoms with van der Waals surface area (Å²) in [4.78, 5) is 20.8. The Morgan fingerprint density at radius 1 is 1.30 bits per heavy atom. The van der Waals surface area contributed by atoms with Gasteiger partial charge >= 0.3 is 0 Å². The second-order valence-corrected chi connectivity index (χ2v) is 8.50. The Bertz CT molecular complexity index is 849. The molecule has 0 saturated carbocycles. The number of rotatable bonds is 12. The molecule has 0 fully saturated rings. The van der Waals surface area contributed by atoms with E-state index in [1.54, 1.807) is 20.1 Å². The number of hydrogen-bond donors (Lipinski definition) is 2. The SMILES string of the molecule is CCCC[C@@H](CCSC)Nc1nc(N)nc(C)c1Cc1cc(C(C)=O)ccc1OC. The molecule has 3 N–H and O–H groups in total. The number of Topliss-reactive ketones (excluding diaryl/α,β-unsaturated/α-hetero) is 1. The summed E-state index contributed by atoms with van der Waals surface area (Å²) in [7, 11) is 1.64. The topological polar surface area (TPSA) is 90.1 Å². The molecule has 1 heterocycles. The number of carbonyl (C=O) groups excluding carboxylic acids is 1. The van der Waals surface area contributed by atoms with Gasteiger partial charge < -0.3 is 15.8 Å². The molecule has 0 amide bonds. The van der Waals surface area contributed by atoms with E-state index in [1.807, 2.05) is 30.8 Å². The van der Waals surface area contributed by atoms with Crippen molar-refractivity contribution in [1.82, 2.24) is 9.97 Å². The van der Waals surface area contributed by atoms with Crippen LogP contribution in [0.3, 0.4) is 0 Å². The predicted octanol–water partition coefficient (Wildman–Crippen LogP) is 4.89. The van der Waals surface area contributed by atoms with Crippen molar-refractivity contribution >= 4 is 29.3 Å². The van der Waals surface area contributed by atoms with Crippen LogP contribution in [0.15, 0.2) is 18.2 Å². The van der Waals surface area contributed by atoms with Gasteiger partial charge in [-0.15, -0.1) is 0 Å². The predicted molar refractivity (Wildman–Crippen MR) is 127 cm³/mol. The van der Waals surface area contributed by atoms with Gasteiger partial charge in [-0.25, -0.2) is 4.98 Å². The van der Waals surface area contributed by atoms with Crippen LogP contribution in [0.2, 0.25) is 0 Å². The second kappa shape index (κ2) is 11.8. The number of nitrogens with two attached hydrogens (primary N) is 1. The first-order chi connectivity index (χ1) is 14.4. The summed E-state index contributed by atoms with van der Waals surface area (Å²) in [6.45, 7) is 5.72. The Kier molecular flexibility index (Phi) is 9.43. The summed E-state index contributed by atoms with van der Waals surface area (Å²) >= 11 is 1.85. The number of ether oxygens (including phenoxy) is 1. The molecule has 1 aromatic heterocycles. The fourth-order valence-corrected chi connectivity index (χ4v) is 3.99. The van der Waals surface area contributed by atoms with E-state index in [4.69, 9.17) is 10.5 Å². The highest BCUT2D eigenvalue weighted by molar-refractivity contribution is 7.98. The molecule has 0 radical (unpaired) electrons. The zero-order valence-corrected chi connectivity index (χ0v) is 19.6. The Morgan fingerprint density at radius 2 is 2.07 bits per heavy atom. The van der Waals surface area contributed by atoms with Crippen molar-refractivity contribution in [3.05, 3.63) is 40.6 Å². The lowest BCUT2D eigenvalue weighted by atomic mass is 9.99. The van der Waals surface area contributed by atoms with E-state index in [-0.39, 0.29) is 11.7 Å². The molecule has 0 spiro atoms. The Morgan fingerprint density at radius 3 is 2.70 bits per heavy atom. The minimum Gasteiger partial charge on any atom is -0.496 e. The van der Waals surface area contributed by atoms with Crippen LogP contribution in [0.25, 0.3) is 0 Å². The fourth-order valence-electron chi connectivity index (χ4n) is 3.47. The van der Waals surface area contributed by atoms with Crippen molar-refractivity contribution in [3.63, 3.8) is 0 Å². The van der Waals surface area contributed by atoms with Gasteiger partial charge in [0.15, 0.2) is 5.78 Å². The van der Waals surface area contributed by atoms with Crippen LogP contribution in [0.1, 0.15) is 66.7 Å². The van der Waals surface area contributed by atoms with Gasteiger partial charge in [-0.1, -0.05) is 19.8 Å². The fraction of sp³-hybridized carbons (Fsp3) is 0.522. The number of carbonyl (C=O) groups is 1. The first kappa shape index (κ1) is 24.0. The normalized spacial score (nSPS) is 11.9. The summed E-state index contributed by atoms with van der Waals surface area (Å²) in [5.74, 6) is 2.90. The highest BCUT2D eigenvalue weighted by Gasteiger charge is 2.18. The number of methoxy groups -OCH3 is 1. The lowest BCUT2D eigenvalue weighted by Crippen LogP contribution is -2.23. The Balaban J connectivity index is 2.41. The van der Waals surface area contributed by atoms with Crippen LogP contribution in [0, 0.1) is 6.92 Å². The highest BCUT2D eigenvalue weighted by Crippen LogP contribution is 2.28. The van der Waals surface area contributed by atoms with Crippen molar-refractivity contribution < 1.29 is 9.53 Å². The van der Waals surface area contributed by atoms with E-state index in [1.165, 1.54) is 0 Å². The average Bonchev–Trinajstić information content (AvgIpc) is 2.72. The number of nitrogens with one attached hydrogen (secondary N) is 1. The molecule has 6 nitrogen and oxygen atoms in total. The summed E-state index contributed by atoms with van der Waals surface area (Å²) in [5.41, 5.74) is 9.39. The number of benzene rings is 1. The molecular formula is C23H34N4O2S. The Labute approximate surface area is 184 Å². The summed E-state index contributed by atoms with van der Waals surface area (Å²) in [6.07, 6.45) is 7.15. The summed E-state index contributed by atoms with van der Waals surface area (Å²) in [5, 5.41) is 3.64. The van der Waals surface area contributed by atoms with E-state index in [2.05, 4.69) is 28.5 Å². The Hall–Kier alpha value is -2.28. The number of unbranched alkanes of at least 4 members (excludes halogenated alkanes) is 1. The lowest BCUT2D eigenvalue weighted by molar-refractivity contribution is 0.101. The molecule has 164 valence electrons. The largest absolute Gasteiger partial charge is 0.496 e. The van der Waals surface area contributed by atoms with Gasteiger partial charge in [0.05, 0.1) is 7.11 Å². The van der Waals surface area contributed by atoms with E-state index < -0.39 is 0 Å². The van der Waals surface area contributed by atoms with Crippen LogP contribution >= 0.6 is 11.8 Å². The number of hydrogen-bond acceptors (Lipinski definition) is 7. The number of ketones is 1. The van der Waals surface area contributed by atoms with E-state index in [0.717, 1.165) is 59.8 Å². The number of nitrogen functional groups attached to an aromatic ring is 1. The molecule has 0 aliphatic carbocycles. The van der Waals surface area contributed by atoms with E-state index >= 15 is 0 Å². The van der Waals surface area contributed by atoms with Crippen molar-refractivity contribution in [2.24, 2.45) is 0 Å². The van der Waals surface area contributed by atoms with E-state index in [0.29, 0.717) is 18.0 Å². The van der Waals surface area contributed by atoms with Gasteiger partial charge in [0.2, 0.25) is 5.95 Å². The average molecular weight is 431 g/mol. The summed E-state index contributed by atoms with van der Waals surface area (Å²) in [6, 6.07) is 5.85. The van der Waals surface area contributed by atoms with Crippen LogP contribution < -0.4 is 15.8 Å². The maximum absolute atomic E-state index is 11.9. The molecule has 0 saturated heterocycles. The van der Waals surface area contributed by atoms with Crippen molar-refractivity contribution in [1.29, 1.82) is 0 Å². The number of aryl methyl sites for hydroxylation is 1. The molecule has 7 heteroatoms. The van der Waals surface area contributed by atoms with Crippen LogP contribution in [-0.4, -0.2) is 40.9 Å². The van der Waals surface area contributed by atoms with E-state index in [9.17, 15) is 4.79 Å². The number of aromatic nitrogens is 2. The standard InChI is InChI=1S/C23H34N4O2S/c1-6-7-8-19(11-12-30-5)26-22-20(15(2)25-23(24)27-22)14-18-13-17(16(3)28)9-10-21(18)29-4/h9-10,13,19H,6-8,11-12,14H2,1-5H3,(H3,24,25,26,27)/t19-/m0/s1. The number of thioether (sulfide) groups is 1. The van der Waals surface area contributed by atoms with Crippen molar-refractivity contribution in [2.75, 3.05) is 30.2 Å². The molecule has 1 atom stereocenters. The molecule has 2 rings (SSSR count). The molecule has 0 aliphatic heterocycles. The first-order valence-electron chi connectivity index (χ1n) is 10.5. The monoisotopic (exact) mass is 430 g/mol. The second-order valence-electron chi connectivity index (χ2n) is 7.52. The van der Waals surface area contributed by atoms with Gasteiger partial charge in [-0.3, -0.25) is 4.79 Å². The first-order valence-corrected chi connectivity index (χ1v) is 11.8. The van der Waals surface area contributed by atoms with Crippen molar-refractivity contribution in [3.8, 4) is 5.75 Å². The maximum Gasteiger partial charge on any atom is 0.222 e. The maximum atomic E-state index is 11.9. The van der Waals surface area contributed by atoms with Gasteiger partial charge in [0.25, 0.3) is 0 Å². The van der Waals surface area contributed by atoms with Crippen LogP contribution in [0.5, 0.6) is 5.75 Å². The molecule has 0 aliphatic rings. The van der Waals surface area contributed by atoms with Gasteiger partial charge in [-0.2, -0.15) is 16.7 Å². The molecule has 1 aromatic carbocycles. The number of anilines is 2. The zero-order valence-electron chi connectivity index (χ0n) is 18.7. The quantitative estimate of drug-likeness (QED) is 0.463. The third kappa shape index (κ3) is 6.62. The lowest BCUT2D eigenvalue weighted by Gasteiger charge is -2.22. The van der Waals surface area contributed by atoms with Gasteiger partial charge in [-0.05, 0) is 62.5 Å². The molecule has 0 bridgehead atoms. The van der Waals surface area contributed by atoms with Crippen molar-refractivity contribution in [2.45, 2.75) is 58.9 Å². The number of nitrogens with zero attached hydrogens (tertiary/aromatic N) is 2. The third-order valence-electron chi connectivity index (χ3n) is 5.20. The third-order valence-corrected chi connectivity index (χ3v) is 5.85. The molecule has 30 heavy (non-hydrogen) atoms. The zero-order chi connectivity index (χ0) is 22.1. The summed E-state index contributed by atoms with van der Waals surface area (Å²) < 4.78 is 5.54. The molecular weight excluding hydrogens is 396 g/mol. The van der Waals surface area contributed by atoms with Crippen LogP contribution in [-0.2, 0) is 6.42 Å². The minimum atomic E-state index is 0.0271. The smallest absolute Gasteiger partial charge is 0.222 e. The molecule has 2 aromatic rings. The van der Waals surface area contributed by atoms with Gasteiger partial charge in [0.1, 0.15) is 11.6 Å². The molecule has 0 unspecified atom stereocenters. The highest BCUT2D eigenvalue weighted by atomic mass is 32.2. The van der Waals surface area contributed by atoms with Gasteiger partial charge in [0, 0.05) is 29.3 Å². The minimum absolute atomic E-state index is 0.0271. The van der Waals surface area contributed by atoms with Crippen LogP contribution in [0.4, 0.5) is 11.8 Å².